The number of piperidine rings is 1. The third-order valence-electron chi connectivity index (χ3n) is 4.28. The van der Waals surface area contributed by atoms with Crippen molar-refractivity contribution in [2.24, 2.45) is 5.92 Å². The van der Waals surface area contributed by atoms with E-state index in [0.717, 1.165) is 30.8 Å². The number of hydrogen-bond donors (Lipinski definition) is 0. The standard InChI is InChI=1S/C16H20N2O2S/c1-12(19)17-8-6-13(7-9-17)16(20)18-10-11-21-15-5-3-2-4-14(15)18/h2-5,13H,6-11H2,1H3. The van der Waals surface area contributed by atoms with Crippen molar-refractivity contribution in [2.45, 2.75) is 24.7 Å². The number of rotatable bonds is 1. The Kier molecular flexibility index (Phi) is 4.19. The zero-order valence-corrected chi connectivity index (χ0v) is 13.1. The van der Waals surface area contributed by atoms with Crippen LogP contribution in [0.25, 0.3) is 0 Å². The molecule has 2 aliphatic heterocycles. The van der Waals surface area contributed by atoms with Gasteiger partial charge >= 0.3 is 0 Å². The molecule has 4 nitrogen and oxygen atoms in total. The van der Waals surface area contributed by atoms with Crippen LogP contribution in [0.4, 0.5) is 5.69 Å². The molecule has 0 N–H and O–H groups in total. The molecule has 112 valence electrons. The molecule has 1 aromatic carbocycles. The molecule has 5 heteroatoms. The maximum absolute atomic E-state index is 12.8. The minimum absolute atomic E-state index is 0.0526. The van der Waals surface area contributed by atoms with Crippen LogP contribution in [0.1, 0.15) is 19.8 Å². The minimum atomic E-state index is 0.0526. The van der Waals surface area contributed by atoms with Crippen molar-refractivity contribution in [1.29, 1.82) is 0 Å². The molecule has 1 aromatic rings. The Labute approximate surface area is 129 Å². The second-order valence-electron chi connectivity index (χ2n) is 5.59. The van der Waals surface area contributed by atoms with E-state index in [-0.39, 0.29) is 17.7 Å². The predicted molar refractivity (Wildman–Crippen MR) is 84.5 cm³/mol. The van der Waals surface area contributed by atoms with E-state index in [1.807, 2.05) is 39.8 Å². The summed E-state index contributed by atoms with van der Waals surface area (Å²) >= 11 is 1.81. The molecule has 0 unspecified atom stereocenters. The maximum Gasteiger partial charge on any atom is 0.230 e. The number of hydrogen-bond acceptors (Lipinski definition) is 3. The van der Waals surface area contributed by atoms with Crippen molar-refractivity contribution >= 4 is 29.3 Å². The fraction of sp³-hybridized carbons (Fsp3) is 0.500. The summed E-state index contributed by atoms with van der Waals surface area (Å²) in [4.78, 5) is 29.1. The van der Waals surface area contributed by atoms with Crippen LogP contribution in [-0.2, 0) is 9.59 Å². The molecular weight excluding hydrogens is 284 g/mol. The molecule has 0 spiro atoms. The molecule has 0 aromatic heterocycles. The van der Waals surface area contributed by atoms with Crippen molar-refractivity contribution in [3.05, 3.63) is 24.3 Å². The van der Waals surface area contributed by atoms with Gasteiger partial charge in [-0.05, 0) is 25.0 Å². The van der Waals surface area contributed by atoms with Gasteiger partial charge in [0.15, 0.2) is 0 Å². The van der Waals surface area contributed by atoms with Crippen molar-refractivity contribution in [3.8, 4) is 0 Å². The van der Waals surface area contributed by atoms with Crippen LogP contribution in [0, 0.1) is 5.92 Å². The molecular formula is C16H20N2O2S. The number of para-hydroxylation sites is 1. The third kappa shape index (κ3) is 2.93. The van der Waals surface area contributed by atoms with Gasteiger partial charge in [-0.25, -0.2) is 0 Å². The normalized spacial score (nSPS) is 19.3. The molecule has 3 rings (SSSR count). The molecule has 1 fully saturated rings. The topological polar surface area (TPSA) is 40.6 Å². The Balaban J connectivity index is 1.71. The van der Waals surface area contributed by atoms with E-state index in [9.17, 15) is 9.59 Å². The number of carbonyl (C=O) groups excluding carboxylic acids is 2. The van der Waals surface area contributed by atoms with Gasteiger partial charge in [-0.1, -0.05) is 12.1 Å². The first kappa shape index (κ1) is 14.4. The lowest BCUT2D eigenvalue weighted by molar-refractivity contribution is -0.133. The molecule has 2 aliphatic rings. The van der Waals surface area contributed by atoms with Gasteiger partial charge in [0.05, 0.1) is 5.69 Å². The lowest BCUT2D eigenvalue weighted by atomic mass is 9.95. The molecule has 0 radical (unpaired) electrons. The van der Waals surface area contributed by atoms with Gasteiger partial charge < -0.3 is 9.80 Å². The first-order chi connectivity index (χ1) is 10.2. The van der Waals surface area contributed by atoms with Crippen LogP contribution in [0.5, 0.6) is 0 Å². The molecule has 2 heterocycles. The highest BCUT2D eigenvalue weighted by Gasteiger charge is 2.31. The number of benzene rings is 1. The minimum Gasteiger partial charge on any atom is -0.343 e. The number of anilines is 1. The van der Waals surface area contributed by atoms with Crippen LogP contribution in [0.3, 0.4) is 0 Å². The van der Waals surface area contributed by atoms with Crippen molar-refractivity contribution < 1.29 is 9.59 Å². The second-order valence-corrected chi connectivity index (χ2v) is 6.72. The zero-order valence-electron chi connectivity index (χ0n) is 12.2. The van der Waals surface area contributed by atoms with E-state index in [0.29, 0.717) is 13.1 Å². The van der Waals surface area contributed by atoms with Gasteiger partial charge in [0, 0.05) is 43.1 Å². The van der Waals surface area contributed by atoms with E-state index < -0.39 is 0 Å². The summed E-state index contributed by atoms with van der Waals surface area (Å²) in [5.74, 6) is 1.35. The molecule has 1 saturated heterocycles. The highest BCUT2D eigenvalue weighted by atomic mass is 32.2. The van der Waals surface area contributed by atoms with Gasteiger partial charge in [0.25, 0.3) is 0 Å². The fourth-order valence-electron chi connectivity index (χ4n) is 3.06. The molecule has 0 saturated carbocycles. The average molecular weight is 304 g/mol. The van der Waals surface area contributed by atoms with Crippen LogP contribution in [0.15, 0.2) is 29.2 Å². The molecule has 0 aliphatic carbocycles. The molecule has 0 atom stereocenters. The Morgan fingerprint density at radius 3 is 2.57 bits per heavy atom. The number of amides is 2. The van der Waals surface area contributed by atoms with Crippen LogP contribution < -0.4 is 4.90 Å². The van der Waals surface area contributed by atoms with Crippen molar-refractivity contribution in [3.63, 3.8) is 0 Å². The summed E-state index contributed by atoms with van der Waals surface area (Å²) in [6.07, 6.45) is 1.56. The summed E-state index contributed by atoms with van der Waals surface area (Å²) in [7, 11) is 0. The summed E-state index contributed by atoms with van der Waals surface area (Å²) < 4.78 is 0. The lowest BCUT2D eigenvalue weighted by Crippen LogP contribution is -2.45. The Hall–Kier alpha value is -1.49. The Morgan fingerprint density at radius 1 is 1.14 bits per heavy atom. The number of thioether (sulfide) groups is 1. The van der Waals surface area contributed by atoms with Gasteiger partial charge in [0.1, 0.15) is 0 Å². The Morgan fingerprint density at radius 2 is 1.86 bits per heavy atom. The number of fused-ring (bicyclic) bond motifs is 1. The second kappa shape index (κ2) is 6.10. The maximum atomic E-state index is 12.8. The lowest BCUT2D eigenvalue weighted by Gasteiger charge is -2.35. The monoisotopic (exact) mass is 304 g/mol. The van der Waals surface area contributed by atoms with Gasteiger partial charge in [-0.2, -0.15) is 0 Å². The summed E-state index contributed by atoms with van der Waals surface area (Å²) in [5, 5.41) is 0. The van der Waals surface area contributed by atoms with E-state index >= 15 is 0 Å². The predicted octanol–water partition coefficient (Wildman–Crippen LogP) is 2.38. The quantitative estimate of drug-likeness (QED) is 0.800. The smallest absolute Gasteiger partial charge is 0.230 e. The average Bonchev–Trinajstić information content (AvgIpc) is 2.53. The molecule has 2 amide bonds. The van der Waals surface area contributed by atoms with Gasteiger partial charge in [0.2, 0.25) is 11.8 Å². The van der Waals surface area contributed by atoms with Crippen LogP contribution in [-0.4, -0.2) is 42.1 Å². The zero-order chi connectivity index (χ0) is 14.8. The van der Waals surface area contributed by atoms with Crippen LogP contribution >= 0.6 is 11.8 Å². The van der Waals surface area contributed by atoms with E-state index in [4.69, 9.17) is 0 Å². The summed E-state index contributed by atoms with van der Waals surface area (Å²) in [6.45, 7) is 3.79. The molecule has 21 heavy (non-hydrogen) atoms. The number of likely N-dealkylation sites (tertiary alicyclic amines) is 1. The highest BCUT2D eigenvalue weighted by molar-refractivity contribution is 7.99. The van der Waals surface area contributed by atoms with E-state index in [1.165, 1.54) is 4.90 Å². The fourth-order valence-corrected chi connectivity index (χ4v) is 4.05. The number of nitrogens with zero attached hydrogens (tertiary/aromatic N) is 2. The van der Waals surface area contributed by atoms with Crippen molar-refractivity contribution in [2.75, 3.05) is 30.3 Å². The van der Waals surface area contributed by atoms with E-state index in [1.54, 1.807) is 6.92 Å². The number of carbonyl (C=O) groups is 2. The summed E-state index contributed by atoms with van der Waals surface area (Å²) in [6, 6.07) is 8.12. The SMILES string of the molecule is CC(=O)N1CCC(C(=O)N2CCSc3ccccc32)CC1. The van der Waals surface area contributed by atoms with Crippen LogP contribution in [0.2, 0.25) is 0 Å². The Bertz CT molecular complexity index is 553. The third-order valence-corrected chi connectivity index (χ3v) is 5.33. The van der Waals surface area contributed by atoms with Gasteiger partial charge in [-0.3, -0.25) is 9.59 Å². The van der Waals surface area contributed by atoms with Crippen molar-refractivity contribution in [1.82, 2.24) is 4.90 Å². The summed E-state index contributed by atoms with van der Waals surface area (Å²) in [5.41, 5.74) is 1.05. The molecule has 0 bridgehead atoms. The van der Waals surface area contributed by atoms with E-state index in [2.05, 4.69) is 6.07 Å². The first-order valence-electron chi connectivity index (χ1n) is 7.45. The first-order valence-corrected chi connectivity index (χ1v) is 8.44. The van der Waals surface area contributed by atoms with Gasteiger partial charge in [-0.15, -0.1) is 11.8 Å². The highest BCUT2D eigenvalue weighted by Crippen LogP contribution is 2.36. The largest absolute Gasteiger partial charge is 0.343 e.